The van der Waals surface area contributed by atoms with Gasteiger partial charge in [-0.3, -0.25) is 0 Å². The Kier molecular flexibility index (Phi) is 2.75. The van der Waals surface area contributed by atoms with Gasteiger partial charge in [0.05, 0.1) is 29.4 Å². The molecule has 2 heterocycles. The summed E-state index contributed by atoms with van der Waals surface area (Å²) in [5.41, 5.74) is 2.18. The van der Waals surface area contributed by atoms with Gasteiger partial charge >= 0.3 is 5.97 Å². The first kappa shape index (κ1) is 11.5. The molecule has 0 aliphatic heterocycles. The minimum absolute atomic E-state index is 0.342. The Balaban J connectivity index is 1.96. The zero-order valence-corrected chi connectivity index (χ0v) is 10.3. The highest BCUT2D eigenvalue weighted by Gasteiger charge is 2.11. The second-order valence-electron chi connectivity index (χ2n) is 3.97. The molecule has 6 heteroatoms. The zero-order chi connectivity index (χ0) is 13.2. The van der Waals surface area contributed by atoms with Crippen molar-refractivity contribution in [2.24, 2.45) is 0 Å². The third-order valence-corrected chi connectivity index (χ3v) is 2.69. The number of imidazole rings is 1. The van der Waals surface area contributed by atoms with Crippen LogP contribution in [0.5, 0.6) is 0 Å². The number of carbonyl (C=O) groups excluding carboxylic acids is 1. The molecule has 0 fully saturated rings. The smallest absolute Gasteiger partial charge is 0.341 e. The Labute approximate surface area is 109 Å². The molecule has 19 heavy (non-hydrogen) atoms. The van der Waals surface area contributed by atoms with E-state index >= 15 is 0 Å². The lowest BCUT2D eigenvalue weighted by Crippen LogP contribution is -2.03. The van der Waals surface area contributed by atoms with Gasteiger partial charge in [0.1, 0.15) is 0 Å². The summed E-state index contributed by atoms with van der Waals surface area (Å²) in [4.78, 5) is 19.1. The second kappa shape index (κ2) is 4.56. The lowest BCUT2D eigenvalue weighted by Gasteiger charge is -1.96. The Morgan fingerprint density at radius 1 is 1.42 bits per heavy atom. The largest absolute Gasteiger partial charge is 0.462 e. The lowest BCUT2D eigenvalue weighted by molar-refractivity contribution is 0.0526. The summed E-state index contributed by atoms with van der Waals surface area (Å²) in [6.07, 6.45) is 3.06. The summed E-state index contributed by atoms with van der Waals surface area (Å²) < 4.78 is 6.43. The van der Waals surface area contributed by atoms with Crippen LogP contribution in [0, 0.1) is 0 Å². The summed E-state index contributed by atoms with van der Waals surface area (Å²) in [6.45, 7) is 2.11. The molecule has 0 radical (unpaired) electrons. The van der Waals surface area contributed by atoms with Gasteiger partial charge in [-0.2, -0.15) is 5.10 Å². The van der Waals surface area contributed by atoms with Crippen LogP contribution in [0.4, 0.5) is 0 Å². The van der Waals surface area contributed by atoms with Crippen LogP contribution >= 0.6 is 0 Å². The van der Waals surface area contributed by atoms with E-state index in [1.165, 1.54) is 10.9 Å². The molecule has 96 valence electrons. The molecule has 0 aliphatic carbocycles. The number of fused-ring (bicyclic) bond motifs is 1. The molecule has 0 amide bonds. The van der Waals surface area contributed by atoms with Gasteiger partial charge in [-0.25, -0.2) is 14.5 Å². The lowest BCUT2D eigenvalue weighted by atomic mass is 10.3. The van der Waals surface area contributed by atoms with Gasteiger partial charge in [-0.1, -0.05) is 12.1 Å². The quantitative estimate of drug-likeness (QED) is 0.727. The van der Waals surface area contributed by atoms with E-state index in [0.717, 1.165) is 11.0 Å². The van der Waals surface area contributed by atoms with Crippen LogP contribution in [0.15, 0.2) is 36.7 Å². The van der Waals surface area contributed by atoms with Crippen molar-refractivity contribution < 1.29 is 9.53 Å². The molecule has 0 spiro atoms. The summed E-state index contributed by atoms with van der Waals surface area (Å²) in [6, 6.07) is 7.68. The topological polar surface area (TPSA) is 72.8 Å². The fourth-order valence-corrected chi connectivity index (χ4v) is 1.81. The van der Waals surface area contributed by atoms with Crippen LogP contribution in [0.1, 0.15) is 17.3 Å². The molecule has 2 aromatic heterocycles. The summed E-state index contributed by atoms with van der Waals surface area (Å²) in [5.74, 6) is 0.182. The van der Waals surface area contributed by atoms with Crippen LogP contribution in [0.2, 0.25) is 0 Å². The fourth-order valence-electron chi connectivity index (χ4n) is 1.81. The summed E-state index contributed by atoms with van der Waals surface area (Å²) >= 11 is 0. The highest BCUT2D eigenvalue weighted by Crippen LogP contribution is 2.13. The van der Waals surface area contributed by atoms with Crippen molar-refractivity contribution in [3.05, 3.63) is 42.2 Å². The first-order chi connectivity index (χ1) is 9.28. The van der Waals surface area contributed by atoms with E-state index in [1.807, 2.05) is 24.3 Å². The van der Waals surface area contributed by atoms with Crippen LogP contribution < -0.4 is 0 Å². The maximum atomic E-state index is 11.6. The average molecular weight is 256 g/mol. The number of benzene rings is 1. The number of hydrogen-bond acceptors (Lipinski definition) is 4. The van der Waals surface area contributed by atoms with Crippen molar-refractivity contribution in [1.82, 2.24) is 19.7 Å². The molecule has 0 saturated carbocycles. The molecular weight excluding hydrogens is 244 g/mol. The molecule has 3 aromatic rings. The molecule has 3 rings (SSSR count). The van der Waals surface area contributed by atoms with Gasteiger partial charge in [0.2, 0.25) is 5.95 Å². The summed E-state index contributed by atoms with van der Waals surface area (Å²) in [5, 5.41) is 4.11. The molecule has 6 nitrogen and oxygen atoms in total. The van der Waals surface area contributed by atoms with Crippen molar-refractivity contribution in [2.45, 2.75) is 6.92 Å². The Hall–Kier alpha value is -2.63. The number of carbonyl (C=O) groups is 1. The molecule has 1 N–H and O–H groups in total. The SMILES string of the molecule is CCOC(=O)c1cnn(-c2nc3ccccc3[nH]2)c1. The number of para-hydroxylation sites is 2. The van der Waals surface area contributed by atoms with E-state index in [9.17, 15) is 4.79 Å². The maximum Gasteiger partial charge on any atom is 0.341 e. The zero-order valence-electron chi connectivity index (χ0n) is 10.3. The number of ether oxygens (including phenoxy) is 1. The predicted octanol–water partition coefficient (Wildman–Crippen LogP) is 1.93. The number of rotatable bonds is 3. The second-order valence-corrected chi connectivity index (χ2v) is 3.97. The van der Waals surface area contributed by atoms with Gasteiger partial charge in [-0.15, -0.1) is 0 Å². The van der Waals surface area contributed by atoms with E-state index < -0.39 is 0 Å². The minimum Gasteiger partial charge on any atom is -0.462 e. The van der Waals surface area contributed by atoms with E-state index in [-0.39, 0.29) is 5.97 Å². The third kappa shape index (κ3) is 2.08. The number of hydrogen-bond donors (Lipinski definition) is 1. The molecule has 1 aromatic carbocycles. The van der Waals surface area contributed by atoms with Crippen molar-refractivity contribution in [3.8, 4) is 5.95 Å². The van der Waals surface area contributed by atoms with Crippen molar-refractivity contribution in [1.29, 1.82) is 0 Å². The number of aromatic nitrogens is 4. The standard InChI is InChI=1S/C13H12N4O2/c1-2-19-12(18)9-7-14-17(8-9)13-15-10-5-3-4-6-11(10)16-13/h3-8H,2H2,1H3,(H,15,16). The van der Waals surface area contributed by atoms with Crippen molar-refractivity contribution in [2.75, 3.05) is 6.61 Å². The van der Waals surface area contributed by atoms with Gasteiger partial charge in [0.15, 0.2) is 0 Å². The van der Waals surface area contributed by atoms with Crippen LogP contribution in [0.25, 0.3) is 17.0 Å². The number of H-pyrrole nitrogens is 1. The highest BCUT2D eigenvalue weighted by atomic mass is 16.5. The Morgan fingerprint density at radius 2 is 2.26 bits per heavy atom. The molecule has 0 bridgehead atoms. The first-order valence-corrected chi connectivity index (χ1v) is 5.95. The number of aromatic amines is 1. The molecule has 0 atom stereocenters. The fraction of sp³-hybridized carbons (Fsp3) is 0.154. The predicted molar refractivity (Wildman–Crippen MR) is 69.2 cm³/mol. The van der Waals surface area contributed by atoms with E-state index in [1.54, 1.807) is 13.1 Å². The van der Waals surface area contributed by atoms with E-state index in [2.05, 4.69) is 15.1 Å². The number of esters is 1. The third-order valence-electron chi connectivity index (χ3n) is 2.69. The molecule has 0 aliphatic rings. The van der Waals surface area contributed by atoms with Crippen LogP contribution in [-0.4, -0.2) is 32.3 Å². The number of nitrogens with zero attached hydrogens (tertiary/aromatic N) is 3. The minimum atomic E-state index is -0.384. The monoisotopic (exact) mass is 256 g/mol. The van der Waals surface area contributed by atoms with Crippen molar-refractivity contribution in [3.63, 3.8) is 0 Å². The van der Waals surface area contributed by atoms with Gasteiger partial charge in [0.25, 0.3) is 0 Å². The number of nitrogens with one attached hydrogen (secondary N) is 1. The van der Waals surface area contributed by atoms with E-state index in [0.29, 0.717) is 18.1 Å². The highest BCUT2D eigenvalue weighted by molar-refractivity contribution is 5.88. The molecule has 0 saturated heterocycles. The Bertz CT molecular complexity index is 696. The van der Waals surface area contributed by atoms with Gasteiger partial charge in [0, 0.05) is 6.20 Å². The normalized spacial score (nSPS) is 10.8. The van der Waals surface area contributed by atoms with E-state index in [4.69, 9.17) is 4.74 Å². The average Bonchev–Trinajstić information content (AvgIpc) is 3.05. The van der Waals surface area contributed by atoms with Gasteiger partial charge < -0.3 is 9.72 Å². The summed E-state index contributed by atoms with van der Waals surface area (Å²) in [7, 11) is 0. The maximum absolute atomic E-state index is 11.6. The van der Waals surface area contributed by atoms with Crippen LogP contribution in [-0.2, 0) is 4.74 Å². The Morgan fingerprint density at radius 3 is 3.05 bits per heavy atom. The molecular formula is C13H12N4O2. The van der Waals surface area contributed by atoms with Crippen LogP contribution in [0.3, 0.4) is 0 Å². The van der Waals surface area contributed by atoms with Gasteiger partial charge in [-0.05, 0) is 19.1 Å². The molecule has 0 unspecified atom stereocenters. The van der Waals surface area contributed by atoms with Crippen molar-refractivity contribution >= 4 is 17.0 Å². The first-order valence-electron chi connectivity index (χ1n) is 5.95.